The van der Waals surface area contributed by atoms with Crippen LogP contribution in [0.25, 0.3) is 28.2 Å². The Morgan fingerprint density at radius 2 is 1.77 bits per heavy atom. The number of piperidine rings is 1. The van der Waals surface area contributed by atoms with Gasteiger partial charge in [-0.3, -0.25) is 9.36 Å². The first-order chi connectivity index (χ1) is 19.0. The molecule has 206 valence electrons. The minimum Gasteiger partial charge on any atom is -0.460 e. The number of fused-ring (bicyclic) bond motifs is 1. The van der Waals surface area contributed by atoms with Crippen LogP contribution in [0.15, 0.2) is 48.5 Å². The van der Waals surface area contributed by atoms with Crippen molar-refractivity contribution in [2.75, 3.05) is 24.6 Å². The maximum Gasteiger partial charge on any atom is 0.320 e. The van der Waals surface area contributed by atoms with Crippen molar-refractivity contribution in [3.05, 3.63) is 59.1 Å². The molecule has 2 aromatic heterocycles. The number of hydrogen-bond donors (Lipinski definition) is 2. The molecule has 1 aliphatic heterocycles. The summed E-state index contributed by atoms with van der Waals surface area (Å²) in [5.41, 5.74) is 7.12. The van der Waals surface area contributed by atoms with Gasteiger partial charge in [-0.05, 0) is 75.2 Å². The first kappa shape index (κ1) is 27.4. The first-order valence-corrected chi connectivity index (χ1v) is 13.3. The Labute approximate surface area is 237 Å². The van der Waals surface area contributed by atoms with Crippen LogP contribution in [0, 0.1) is 16.7 Å². The van der Waals surface area contributed by atoms with Crippen molar-refractivity contribution in [1.82, 2.24) is 19.5 Å². The van der Waals surface area contributed by atoms with Crippen LogP contribution in [0.2, 0.25) is 5.02 Å². The normalized spacial score (nSPS) is 15.2. The van der Waals surface area contributed by atoms with Gasteiger partial charge >= 0.3 is 6.01 Å². The average Bonchev–Trinajstić information content (AvgIpc) is 3.31. The van der Waals surface area contributed by atoms with E-state index in [2.05, 4.69) is 11.0 Å². The topological polar surface area (TPSA) is 143 Å². The van der Waals surface area contributed by atoms with Crippen LogP contribution >= 0.6 is 11.6 Å². The van der Waals surface area contributed by atoms with Gasteiger partial charge in [-0.2, -0.15) is 15.2 Å². The van der Waals surface area contributed by atoms with Crippen molar-refractivity contribution in [2.24, 2.45) is 11.1 Å². The van der Waals surface area contributed by atoms with Gasteiger partial charge < -0.3 is 20.5 Å². The van der Waals surface area contributed by atoms with E-state index in [0.29, 0.717) is 59.3 Å². The first-order valence-electron chi connectivity index (χ1n) is 12.9. The molecular weight excluding hydrogens is 530 g/mol. The molecule has 0 spiro atoms. The second kappa shape index (κ2) is 10.4. The van der Waals surface area contributed by atoms with E-state index in [-0.39, 0.29) is 18.5 Å². The van der Waals surface area contributed by atoms with Crippen LogP contribution in [-0.2, 0) is 4.79 Å². The number of primary amides is 1. The Morgan fingerprint density at radius 1 is 1.12 bits per heavy atom. The number of hydrogen-bond acceptors (Lipinski definition) is 8. The Hall–Kier alpha value is -4.20. The van der Waals surface area contributed by atoms with Crippen molar-refractivity contribution in [1.29, 1.82) is 5.26 Å². The third kappa shape index (κ3) is 5.43. The molecule has 0 unspecified atom stereocenters. The Balaban J connectivity index is 1.72. The number of aromatic nitrogens is 4. The second-order valence-electron chi connectivity index (χ2n) is 11.0. The van der Waals surface area contributed by atoms with Crippen molar-refractivity contribution < 1.29 is 14.6 Å². The zero-order chi connectivity index (χ0) is 28.7. The molecule has 40 heavy (non-hydrogen) atoms. The Bertz CT molecular complexity index is 1590. The lowest BCUT2D eigenvalue weighted by molar-refractivity contribution is -0.127. The number of imidazole rings is 1. The molecule has 11 heteroatoms. The van der Waals surface area contributed by atoms with E-state index < -0.39 is 11.0 Å². The highest BCUT2D eigenvalue weighted by molar-refractivity contribution is 6.30. The van der Waals surface area contributed by atoms with Crippen molar-refractivity contribution in [3.8, 4) is 29.2 Å². The molecule has 1 fully saturated rings. The monoisotopic (exact) mass is 559 g/mol. The van der Waals surface area contributed by atoms with Crippen molar-refractivity contribution >= 4 is 34.5 Å². The van der Waals surface area contributed by atoms with Crippen LogP contribution < -0.4 is 15.4 Å². The molecule has 0 saturated carbocycles. The fraction of sp³-hybridized carbons (Fsp3) is 0.345. The molecule has 3 N–H and O–H groups in total. The van der Waals surface area contributed by atoms with Crippen LogP contribution in [0.5, 0.6) is 6.01 Å². The van der Waals surface area contributed by atoms with Gasteiger partial charge in [-0.25, -0.2) is 4.98 Å². The lowest BCUT2D eigenvalue weighted by Gasteiger charge is -2.37. The number of rotatable bonds is 7. The summed E-state index contributed by atoms with van der Waals surface area (Å²) < 4.78 is 7.77. The van der Waals surface area contributed by atoms with E-state index in [0.717, 1.165) is 11.3 Å². The summed E-state index contributed by atoms with van der Waals surface area (Å²) in [7, 11) is 0. The van der Waals surface area contributed by atoms with Gasteiger partial charge in [0, 0.05) is 34.8 Å². The number of ether oxygens (including phenoxy) is 1. The Morgan fingerprint density at radius 3 is 2.35 bits per heavy atom. The zero-order valence-corrected chi connectivity index (χ0v) is 23.3. The maximum absolute atomic E-state index is 12.1. The van der Waals surface area contributed by atoms with Gasteiger partial charge in [0.25, 0.3) is 0 Å². The smallest absolute Gasteiger partial charge is 0.320 e. The summed E-state index contributed by atoms with van der Waals surface area (Å²) in [5, 5.41) is 20.2. The quantitative estimate of drug-likeness (QED) is 0.342. The molecule has 1 amide bonds. The van der Waals surface area contributed by atoms with Crippen LogP contribution in [0.4, 0.5) is 5.82 Å². The van der Waals surface area contributed by atoms with E-state index in [9.17, 15) is 15.2 Å². The molecule has 0 aliphatic carbocycles. The SMILES string of the molecule is CC(C)(O)COc1nc(N2CCC(C)(C(N)=O)CC2)c2nc(-c3ccc(C#N)cc3)n(-c3ccc(Cl)cc3)c2n1. The minimum atomic E-state index is -1.10. The predicted octanol–water partition coefficient (Wildman–Crippen LogP) is 4.25. The molecular formula is C29H30ClN7O3. The van der Waals surface area contributed by atoms with E-state index in [1.165, 1.54) is 0 Å². The summed E-state index contributed by atoms with van der Waals surface area (Å²) in [6.07, 6.45) is 1.13. The molecule has 5 rings (SSSR count). The molecule has 10 nitrogen and oxygen atoms in total. The van der Waals surface area contributed by atoms with Gasteiger partial charge in [0.05, 0.1) is 17.2 Å². The predicted molar refractivity (Wildman–Crippen MR) is 152 cm³/mol. The van der Waals surface area contributed by atoms with Crippen LogP contribution in [-0.4, -0.2) is 55.8 Å². The fourth-order valence-corrected chi connectivity index (χ4v) is 4.76. The summed E-state index contributed by atoms with van der Waals surface area (Å²) >= 11 is 6.20. The van der Waals surface area contributed by atoms with Gasteiger partial charge in [-0.1, -0.05) is 18.5 Å². The highest BCUT2D eigenvalue weighted by Gasteiger charge is 2.37. The summed E-state index contributed by atoms with van der Waals surface area (Å²) in [6, 6.07) is 16.7. The number of nitrogens with two attached hydrogens (primary N) is 1. The second-order valence-corrected chi connectivity index (χ2v) is 11.4. The average molecular weight is 560 g/mol. The molecule has 0 radical (unpaired) electrons. The standard InChI is InChI=1S/C29H30ClN7O3/c1-28(2,39)17-40-27-34-24(36-14-12-29(3,13-15-36)26(32)38)22-25(35-27)37(21-10-8-20(30)9-11-21)23(33-22)19-6-4-18(16-31)5-7-19/h4-11,39H,12-15,17H2,1-3H3,(H2,32,38). The van der Waals surface area contributed by atoms with Crippen LogP contribution in [0.1, 0.15) is 39.2 Å². The number of carbonyl (C=O) groups is 1. The fourth-order valence-electron chi connectivity index (χ4n) is 4.63. The molecule has 0 bridgehead atoms. The third-order valence-corrected chi connectivity index (χ3v) is 7.39. The summed E-state index contributed by atoms with van der Waals surface area (Å²) in [4.78, 5) is 28.6. The zero-order valence-electron chi connectivity index (χ0n) is 22.6. The van der Waals surface area contributed by atoms with Gasteiger partial charge in [-0.15, -0.1) is 0 Å². The molecule has 3 heterocycles. The minimum absolute atomic E-state index is 0.0186. The van der Waals surface area contributed by atoms with E-state index >= 15 is 0 Å². The largest absolute Gasteiger partial charge is 0.460 e. The lowest BCUT2D eigenvalue weighted by atomic mass is 9.80. The van der Waals surface area contributed by atoms with Crippen LogP contribution in [0.3, 0.4) is 0 Å². The highest BCUT2D eigenvalue weighted by atomic mass is 35.5. The molecule has 0 atom stereocenters. The lowest BCUT2D eigenvalue weighted by Crippen LogP contribution is -2.45. The number of nitriles is 1. The number of benzene rings is 2. The maximum atomic E-state index is 12.1. The number of amides is 1. The number of aliphatic hydroxyl groups is 1. The number of anilines is 1. The van der Waals surface area contributed by atoms with E-state index in [1.54, 1.807) is 38.1 Å². The number of halogens is 1. The van der Waals surface area contributed by atoms with Crippen molar-refractivity contribution in [3.63, 3.8) is 0 Å². The summed E-state index contributed by atoms with van der Waals surface area (Å²) in [5.74, 6) is 0.838. The molecule has 1 aliphatic rings. The van der Waals surface area contributed by atoms with Gasteiger partial charge in [0.1, 0.15) is 12.4 Å². The molecule has 2 aromatic carbocycles. The van der Waals surface area contributed by atoms with Gasteiger partial charge in [0.15, 0.2) is 17.0 Å². The molecule has 4 aromatic rings. The third-order valence-electron chi connectivity index (χ3n) is 7.14. The molecule has 1 saturated heterocycles. The highest BCUT2D eigenvalue weighted by Crippen LogP contribution is 2.37. The number of carbonyl (C=O) groups excluding carboxylic acids is 1. The van der Waals surface area contributed by atoms with Gasteiger partial charge in [0.2, 0.25) is 5.91 Å². The van der Waals surface area contributed by atoms with Crippen molar-refractivity contribution in [2.45, 2.75) is 39.2 Å². The number of nitrogens with zero attached hydrogens (tertiary/aromatic N) is 6. The van der Waals surface area contributed by atoms with E-state index in [4.69, 9.17) is 37.0 Å². The summed E-state index contributed by atoms with van der Waals surface area (Å²) in [6.45, 7) is 6.23. The van der Waals surface area contributed by atoms with E-state index in [1.807, 2.05) is 35.8 Å². The Kier molecular flexibility index (Phi) is 7.12.